The van der Waals surface area contributed by atoms with Gasteiger partial charge in [-0.1, -0.05) is 12.7 Å². The van der Waals surface area contributed by atoms with Crippen LogP contribution >= 0.6 is 0 Å². The second kappa shape index (κ2) is 4.01. The quantitative estimate of drug-likeness (QED) is 0.443. The fourth-order valence-electron chi connectivity index (χ4n) is 0.329. The van der Waals surface area contributed by atoms with Crippen molar-refractivity contribution in [2.45, 2.75) is 19.8 Å². The van der Waals surface area contributed by atoms with Crippen LogP contribution in [-0.4, -0.2) is 11.6 Å². The van der Waals surface area contributed by atoms with E-state index in [1.54, 1.807) is 0 Å². The van der Waals surface area contributed by atoms with Crippen molar-refractivity contribution in [3.05, 3.63) is 24.9 Å². The minimum absolute atomic E-state index is 0.199. The lowest BCUT2D eigenvalue weighted by Crippen LogP contribution is -2.20. The minimum atomic E-state index is -2.83. The standard InChI is InChI=1S/C8H11F2N/c1-4-5-6-11-7(2)8(3,9)10/h4-6H,1H2,2-3H3/b6-5-,11-7?. The number of rotatable bonds is 3. The predicted molar refractivity (Wildman–Crippen MR) is 43.1 cm³/mol. The molecule has 0 N–H and O–H groups in total. The minimum Gasteiger partial charge on any atom is -0.260 e. The van der Waals surface area contributed by atoms with Crippen molar-refractivity contribution >= 4 is 5.71 Å². The average molecular weight is 159 g/mol. The Bertz CT molecular complexity index is 187. The molecular formula is C8H11F2N. The number of aliphatic imine (C=N–C) groups is 1. The number of allylic oxidation sites excluding steroid dienone is 2. The van der Waals surface area contributed by atoms with Crippen LogP contribution < -0.4 is 0 Å². The molecule has 0 heterocycles. The van der Waals surface area contributed by atoms with Crippen molar-refractivity contribution in [1.82, 2.24) is 0 Å². The molecule has 0 fully saturated rings. The fraction of sp³-hybridized carbons (Fsp3) is 0.375. The molecule has 0 amide bonds. The van der Waals surface area contributed by atoms with E-state index in [0.717, 1.165) is 6.92 Å². The van der Waals surface area contributed by atoms with Crippen LogP contribution in [0.15, 0.2) is 29.9 Å². The molecule has 0 radical (unpaired) electrons. The van der Waals surface area contributed by atoms with Crippen LogP contribution in [0.1, 0.15) is 13.8 Å². The first-order valence-corrected chi connectivity index (χ1v) is 3.18. The van der Waals surface area contributed by atoms with E-state index in [1.807, 2.05) is 0 Å². The molecule has 0 rings (SSSR count). The maximum Gasteiger partial charge on any atom is 0.282 e. The molecule has 0 aliphatic heterocycles. The van der Waals surface area contributed by atoms with Gasteiger partial charge in [-0.3, -0.25) is 4.99 Å². The van der Waals surface area contributed by atoms with E-state index in [2.05, 4.69) is 11.6 Å². The van der Waals surface area contributed by atoms with E-state index in [0.29, 0.717) is 0 Å². The summed E-state index contributed by atoms with van der Waals surface area (Å²) in [6.07, 6.45) is 4.26. The van der Waals surface area contributed by atoms with E-state index in [9.17, 15) is 8.78 Å². The maximum atomic E-state index is 12.4. The van der Waals surface area contributed by atoms with Crippen molar-refractivity contribution in [1.29, 1.82) is 0 Å². The SMILES string of the molecule is C=C/C=C\N=C(C)C(C)(F)F. The van der Waals surface area contributed by atoms with Gasteiger partial charge in [0, 0.05) is 13.1 Å². The second-order valence-electron chi connectivity index (χ2n) is 2.18. The van der Waals surface area contributed by atoms with Crippen molar-refractivity contribution in [3.8, 4) is 0 Å². The zero-order valence-electron chi connectivity index (χ0n) is 6.64. The van der Waals surface area contributed by atoms with Crippen molar-refractivity contribution in [3.63, 3.8) is 0 Å². The molecule has 62 valence electrons. The summed E-state index contributed by atoms with van der Waals surface area (Å²) in [5.41, 5.74) is -0.199. The van der Waals surface area contributed by atoms with E-state index in [4.69, 9.17) is 0 Å². The van der Waals surface area contributed by atoms with Gasteiger partial charge in [0.05, 0.1) is 5.71 Å². The van der Waals surface area contributed by atoms with Crippen molar-refractivity contribution < 1.29 is 8.78 Å². The van der Waals surface area contributed by atoms with Crippen LogP contribution in [0.25, 0.3) is 0 Å². The predicted octanol–water partition coefficient (Wildman–Crippen LogP) is 2.80. The van der Waals surface area contributed by atoms with Crippen LogP contribution in [0, 0.1) is 0 Å². The van der Waals surface area contributed by atoms with Gasteiger partial charge in [-0.2, -0.15) is 0 Å². The Labute approximate surface area is 65.1 Å². The molecule has 0 saturated heterocycles. The molecule has 0 aliphatic rings. The van der Waals surface area contributed by atoms with Gasteiger partial charge in [-0.05, 0) is 13.0 Å². The summed E-state index contributed by atoms with van der Waals surface area (Å²) in [6, 6.07) is 0. The molecule has 0 aromatic heterocycles. The van der Waals surface area contributed by atoms with Gasteiger partial charge >= 0.3 is 0 Å². The van der Waals surface area contributed by atoms with Crippen molar-refractivity contribution in [2.75, 3.05) is 0 Å². The highest BCUT2D eigenvalue weighted by Crippen LogP contribution is 2.13. The van der Waals surface area contributed by atoms with E-state index in [1.165, 1.54) is 25.3 Å². The second-order valence-corrected chi connectivity index (χ2v) is 2.18. The number of halogens is 2. The largest absolute Gasteiger partial charge is 0.282 e. The normalized spacial score (nSPS) is 14.0. The zero-order valence-corrected chi connectivity index (χ0v) is 6.64. The first-order chi connectivity index (χ1) is 4.98. The summed E-state index contributed by atoms with van der Waals surface area (Å²) in [5.74, 6) is -2.83. The van der Waals surface area contributed by atoms with Crippen LogP contribution in [0.3, 0.4) is 0 Å². The summed E-state index contributed by atoms with van der Waals surface area (Å²) in [6.45, 7) is 5.47. The highest BCUT2D eigenvalue weighted by Gasteiger charge is 2.24. The monoisotopic (exact) mass is 159 g/mol. The number of nitrogens with zero attached hydrogens (tertiary/aromatic N) is 1. The average Bonchev–Trinajstić information content (AvgIpc) is 1.86. The summed E-state index contributed by atoms with van der Waals surface area (Å²) >= 11 is 0. The fourth-order valence-corrected chi connectivity index (χ4v) is 0.329. The molecule has 0 aliphatic carbocycles. The molecule has 0 spiro atoms. The van der Waals surface area contributed by atoms with E-state index in [-0.39, 0.29) is 5.71 Å². The van der Waals surface area contributed by atoms with Crippen LogP contribution in [-0.2, 0) is 0 Å². The van der Waals surface area contributed by atoms with E-state index >= 15 is 0 Å². The number of hydrogen-bond acceptors (Lipinski definition) is 1. The van der Waals surface area contributed by atoms with Gasteiger partial charge in [0.2, 0.25) is 0 Å². The van der Waals surface area contributed by atoms with Crippen LogP contribution in [0.4, 0.5) is 8.78 Å². The summed E-state index contributed by atoms with van der Waals surface area (Å²) in [4.78, 5) is 3.50. The molecule has 0 unspecified atom stereocenters. The Morgan fingerprint density at radius 3 is 2.45 bits per heavy atom. The van der Waals surface area contributed by atoms with Gasteiger partial charge < -0.3 is 0 Å². The molecule has 0 aromatic carbocycles. The molecular weight excluding hydrogens is 148 g/mol. The first-order valence-electron chi connectivity index (χ1n) is 3.18. The highest BCUT2D eigenvalue weighted by atomic mass is 19.3. The Hall–Kier alpha value is -0.990. The van der Waals surface area contributed by atoms with E-state index < -0.39 is 5.92 Å². The Balaban J connectivity index is 4.23. The molecule has 11 heavy (non-hydrogen) atoms. The molecule has 0 bridgehead atoms. The smallest absolute Gasteiger partial charge is 0.260 e. The van der Waals surface area contributed by atoms with Gasteiger partial charge in [0.15, 0.2) is 0 Å². The first kappa shape index (κ1) is 10.0. The summed E-state index contributed by atoms with van der Waals surface area (Å²) in [5, 5.41) is 0. The lowest BCUT2D eigenvalue weighted by molar-refractivity contribution is 0.0998. The topological polar surface area (TPSA) is 12.4 Å². The van der Waals surface area contributed by atoms with Gasteiger partial charge in [-0.25, -0.2) is 8.78 Å². The lowest BCUT2D eigenvalue weighted by atomic mass is 10.2. The zero-order chi connectivity index (χ0) is 8.91. The molecule has 0 saturated carbocycles. The summed E-state index contributed by atoms with van der Waals surface area (Å²) < 4.78 is 24.7. The Morgan fingerprint density at radius 2 is 2.09 bits per heavy atom. The van der Waals surface area contributed by atoms with Gasteiger partial charge in [-0.15, -0.1) is 0 Å². The third-order valence-corrected chi connectivity index (χ3v) is 1.13. The Morgan fingerprint density at radius 1 is 1.55 bits per heavy atom. The molecule has 3 heteroatoms. The third kappa shape index (κ3) is 4.42. The van der Waals surface area contributed by atoms with Gasteiger partial charge in [0.25, 0.3) is 5.92 Å². The number of alkyl halides is 2. The maximum absolute atomic E-state index is 12.4. The highest BCUT2D eigenvalue weighted by molar-refractivity contribution is 5.88. The molecule has 0 atom stereocenters. The molecule has 0 aromatic rings. The summed E-state index contributed by atoms with van der Waals surface area (Å²) in [7, 11) is 0. The van der Waals surface area contributed by atoms with Gasteiger partial charge in [0.1, 0.15) is 0 Å². The van der Waals surface area contributed by atoms with Crippen molar-refractivity contribution in [2.24, 2.45) is 4.99 Å². The Kier molecular flexibility index (Phi) is 3.65. The van der Waals surface area contributed by atoms with Crippen LogP contribution in [0.5, 0.6) is 0 Å². The number of hydrogen-bond donors (Lipinski definition) is 0. The van der Waals surface area contributed by atoms with Crippen LogP contribution in [0.2, 0.25) is 0 Å². The lowest BCUT2D eigenvalue weighted by Gasteiger charge is -2.07. The third-order valence-electron chi connectivity index (χ3n) is 1.13. The molecule has 1 nitrogen and oxygen atoms in total.